The number of oxime groups is 2. The SMILES string of the molecule is C=C(/N=C\N=C(CF)Oc1ccccc1/C(=N/OC)C1=NOCCO1)Oc1ccccc1Cl.CC. The molecule has 3 rings (SSSR count). The maximum atomic E-state index is 13.6. The molecule has 0 N–H and O–H groups in total. The fourth-order valence-corrected chi connectivity index (χ4v) is 2.69. The molecule has 1 aliphatic rings. The molecular weight excluding hydrogens is 479 g/mol. The number of hydrogen-bond donors (Lipinski definition) is 0. The Balaban J connectivity index is 0.00000210. The van der Waals surface area contributed by atoms with Crippen molar-refractivity contribution >= 4 is 35.4 Å². The van der Waals surface area contributed by atoms with Crippen LogP contribution in [0.1, 0.15) is 19.4 Å². The smallest absolute Gasteiger partial charge is 0.280 e. The lowest BCUT2D eigenvalue weighted by atomic mass is 10.1. The van der Waals surface area contributed by atoms with E-state index in [2.05, 4.69) is 26.9 Å². The van der Waals surface area contributed by atoms with E-state index in [1.165, 1.54) is 7.11 Å². The minimum atomic E-state index is -1.00. The van der Waals surface area contributed by atoms with Gasteiger partial charge in [-0.2, -0.15) is 0 Å². The molecule has 9 nitrogen and oxygen atoms in total. The van der Waals surface area contributed by atoms with Gasteiger partial charge in [-0.05, 0) is 36.0 Å². The van der Waals surface area contributed by atoms with Crippen LogP contribution in [0.25, 0.3) is 0 Å². The van der Waals surface area contributed by atoms with Gasteiger partial charge in [0.25, 0.3) is 5.90 Å². The van der Waals surface area contributed by atoms with Crippen molar-refractivity contribution in [3.8, 4) is 11.5 Å². The molecule has 0 fully saturated rings. The van der Waals surface area contributed by atoms with Crippen molar-refractivity contribution in [3.63, 3.8) is 0 Å². The molecule has 1 heterocycles. The summed E-state index contributed by atoms with van der Waals surface area (Å²) in [6, 6.07) is 13.5. The molecule has 0 aromatic heterocycles. The van der Waals surface area contributed by atoms with Crippen molar-refractivity contribution in [2.75, 3.05) is 27.0 Å². The van der Waals surface area contributed by atoms with E-state index in [1.807, 2.05) is 13.8 Å². The molecule has 0 atom stereocenters. The molecule has 0 amide bonds. The average Bonchev–Trinajstić information content (AvgIpc) is 2.90. The van der Waals surface area contributed by atoms with Gasteiger partial charge in [0.1, 0.15) is 31.6 Å². The lowest BCUT2D eigenvalue weighted by molar-refractivity contribution is 0.0672. The van der Waals surface area contributed by atoms with E-state index >= 15 is 0 Å². The molecule has 0 bridgehead atoms. The molecule has 11 heteroatoms. The second kappa shape index (κ2) is 15.1. The molecule has 0 unspecified atom stereocenters. The fraction of sp³-hybridized carbons (Fsp3) is 0.250. The van der Waals surface area contributed by atoms with E-state index in [0.29, 0.717) is 29.5 Å². The van der Waals surface area contributed by atoms with Gasteiger partial charge in [0, 0.05) is 0 Å². The van der Waals surface area contributed by atoms with Gasteiger partial charge in [0.2, 0.25) is 11.8 Å². The Hall–Kier alpha value is -3.92. The number of alkyl halides is 1. The highest BCUT2D eigenvalue weighted by Crippen LogP contribution is 2.25. The highest BCUT2D eigenvalue weighted by molar-refractivity contribution is 6.45. The Morgan fingerprint density at radius 3 is 2.49 bits per heavy atom. The van der Waals surface area contributed by atoms with Crippen LogP contribution in [-0.2, 0) is 14.4 Å². The van der Waals surface area contributed by atoms with Crippen LogP contribution in [0.4, 0.5) is 4.39 Å². The quantitative estimate of drug-likeness (QED) is 0.197. The third-order valence-electron chi connectivity index (χ3n) is 3.90. The van der Waals surface area contributed by atoms with E-state index in [4.69, 9.17) is 35.5 Å². The third kappa shape index (κ3) is 8.42. The lowest BCUT2D eigenvalue weighted by Gasteiger charge is -2.16. The normalized spacial score (nSPS) is 13.6. The molecule has 0 radical (unpaired) electrons. The number of benzene rings is 2. The van der Waals surface area contributed by atoms with Crippen molar-refractivity contribution in [3.05, 3.63) is 71.6 Å². The van der Waals surface area contributed by atoms with Gasteiger partial charge in [-0.1, -0.05) is 54.9 Å². The largest absolute Gasteiger partial charge is 0.470 e. The molecule has 2 aromatic carbocycles. The van der Waals surface area contributed by atoms with Gasteiger partial charge in [-0.3, -0.25) is 0 Å². The Morgan fingerprint density at radius 2 is 1.83 bits per heavy atom. The van der Waals surface area contributed by atoms with E-state index in [-0.39, 0.29) is 29.1 Å². The summed E-state index contributed by atoms with van der Waals surface area (Å²) < 4.78 is 30.1. The molecule has 0 aliphatic carbocycles. The zero-order valence-corrected chi connectivity index (χ0v) is 20.4. The number of para-hydroxylation sites is 2. The number of halogens is 2. The Bertz CT molecular complexity index is 1100. The van der Waals surface area contributed by atoms with Crippen molar-refractivity contribution in [2.24, 2.45) is 20.3 Å². The molecular formula is C24H26ClFN4O5. The number of aliphatic imine (C=N–C) groups is 2. The molecule has 0 spiro atoms. The van der Waals surface area contributed by atoms with Crippen LogP contribution in [0.5, 0.6) is 11.5 Å². The zero-order chi connectivity index (χ0) is 25.5. The van der Waals surface area contributed by atoms with Crippen molar-refractivity contribution in [2.45, 2.75) is 13.8 Å². The number of hydrogen-bond acceptors (Lipinski definition) is 8. The van der Waals surface area contributed by atoms with Crippen LogP contribution < -0.4 is 9.47 Å². The molecule has 186 valence electrons. The molecule has 2 aromatic rings. The lowest BCUT2D eigenvalue weighted by Crippen LogP contribution is -2.26. The highest BCUT2D eigenvalue weighted by Gasteiger charge is 2.22. The van der Waals surface area contributed by atoms with Crippen LogP contribution >= 0.6 is 11.6 Å². The standard InChI is InChI=1S/C22H20ClFN4O5.C2H6/c1-15(32-19-10-6-4-8-17(19)23)25-14-26-20(13-24)33-18-9-5-3-7-16(18)21(27-29-2)22-28-31-12-11-30-22;1-2/h3-10,14H,1,11-13H2,2H3;1-2H3/b25-14-,26-20?,27-21-;. The maximum absolute atomic E-state index is 13.6. The number of ether oxygens (including phenoxy) is 3. The van der Waals surface area contributed by atoms with Crippen LogP contribution in [-0.4, -0.2) is 50.8 Å². The van der Waals surface area contributed by atoms with E-state index in [1.54, 1.807) is 48.5 Å². The van der Waals surface area contributed by atoms with Gasteiger partial charge in [0.15, 0.2) is 19.0 Å². The second-order valence-electron chi connectivity index (χ2n) is 6.13. The first kappa shape index (κ1) is 27.3. The molecule has 35 heavy (non-hydrogen) atoms. The first-order valence-electron chi connectivity index (χ1n) is 10.6. The summed E-state index contributed by atoms with van der Waals surface area (Å²) in [6.45, 7) is 7.25. The predicted octanol–water partition coefficient (Wildman–Crippen LogP) is 5.40. The van der Waals surface area contributed by atoms with Crippen LogP contribution in [0, 0.1) is 0 Å². The average molecular weight is 505 g/mol. The third-order valence-corrected chi connectivity index (χ3v) is 4.21. The summed E-state index contributed by atoms with van der Waals surface area (Å²) in [5.74, 6) is 0.459. The minimum Gasteiger partial charge on any atom is -0.470 e. The molecule has 0 saturated heterocycles. The topological polar surface area (TPSA) is 95.6 Å². The predicted molar refractivity (Wildman–Crippen MR) is 134 cm³/mol. The summed E-state index contributed by atoms with van der Waals surface area (Å²) in [7, 11) is 1.37. The minimum absolute atomic E-state index is 0.00688. The van der Waals surface area contributed by atoms with Crippen molar-refractivity contribution in [1.29, 1.82) is 0 Å². The van der Waals surface area contributed by atoms with Gasteiger partial charge in [-0.25, -0.2) is 14.4 Å². The summed E-state index contributed by atoms with van der Waals surface area (Å²) in [6.07, 6.45) is 1.06. The number of nitrogens with zero attached hydrogens (tertiary/aromatic N) is 4. The summed E-state index contributed by atoms with van der Waals surface area (Å²) >= 11 is 6.03. The van der Waals surface area contributed by atoms with Gasteiger partial charge in [0.05, 0.1) is 10.6 Å². The monoisotopic (exact) mass is 504 g/mol. The van der Waals surface area contributed by atoms with E-state index in [9.17, 15) is 4.39 Å². The van der Waals surface area contributed by atoms with Gasteiger partial charge >= 0.3 is 0 Å². The second-order valence-corrected chi connectivity index (χ2v) is 6.53. The first-order valence-corrected chi connectivity index (χ1v) is 11.0. The first-order chi connectivity index (χ1) is 17.1. The highest BCUT2D eigenvalue weighted by atomic mass is 35.5. The van der Waals surface area contributed by atoms with Crippen molar-refractivity contribution in [1.82, 2.24) is 0 Å². The maximum Gasteiger partial charge on any atom is 0.280 e. The summed E-state index contributed by atoms with van der Waals surface area (Å²) in [5, 5.41) is 8.19. The van der Waals surface area contributed by atoms with Crippen LogP contribution in [0.15, 0.2) is 81.3 Å². The van der Waals surface area contributed by atoms with Crippen LogP contribution in [0.2, 0.25) is 5.02 Å². The Labute approximate surface area is 208 Å². The zero-order valence-electron chi connectivity index (χ0n) is 19.6. The Kier molecular flexibility index (Phi) is 11.8. The van der Waals surface area contributed by atoms with Crippen molar-refractivity contribution < 1.29 is 28.3 Å². The van der Waals surface area contributed by atoms with Gasteiger partial charge < -0.3 is 23.9 Å². The summed E-state index contributed by atoms with van der Waals surface area (Å²) in [5.41, 5.74) is 0.634. The Morgan fingerprint density at radius 1 is 1.11 bits per heavy atom. The van der Waals surface area contributed by atoms with E-state index < -0.39 is 6.67 Å². The molecule has 1 aliphatic heterocycles. The van der Waals surface area contributed by atoms with Gasteiger partial charge in [-0.15, -0.1) is 0 Å². The number of rotatable bonds is 9. The van der Waals surface area contributed by atoms with Crippen LogP contribution in [0.3, 0.4) is 0 Å². The molecule has 0 saturated carbocycles. The fourth-order valence-electron chi connectivity index (χ4n) is 2.52. The van der Waals surface area contributed by atoms with E-state index in [0.717, 1.165) is 6.34 Å². The summed E-state index contributed by atoms with van der Waals surface area (Å²) in [4.78, 5) is 17.8.